The number of rotatable bonds is 7. The minimum atomic E-state index is 0.640. The summed E-state index contributed by atoms with van der Waals surface area (Å²) in [6, 6.07) is 18.5. The first-order valence-electron chi connectivity index (χ1n) is 8.35. The van der Waals surface area contributed by atoms with E-state index in [4.69, 9.17) is 0 Å². The zero-order valence-corrected chi connectivity index (χ0v) is 15.8. The van der Waals surface area contributed by atoms with Gasteiger partial charge in [0.05, 0.1) is 5.69 Å². The second-order valence-corrected chi connectivity index (χ2v) is 6.74. The van der Waals surface area contributed by atoms with E-state index in [0.717, 1.165) is 35.4 Å². The maximum atomic E-state index is 4.52. The Morgan fingerprint density at radius 1 is 1.04 bits per heavy atom. The summed E-state index contributed by atoms with van der Waals surface area (Å²) in [5.41, 5.74) is 3.55. The van der Waals surface area contributed by atoms with Crippen LogP contribution < -0.4 is 10.6 Å². The highest BCUT2D eigenvalue weighted by molar-refractivity contribution is 9.10. The molecule has 1 aromatic heterocycles. The van der Waals surface area contributed by atoms with Crippen LogP contribution >= 0.6 is 15.9 Å². The molecule has 0 saturated carbocycles. The molecule has 128 valence electrons. The van der Waals surface area contributed by atoms with Crippen molar-refractivity contribution in [3.63, 3.8) is 0 Å². The van der Waals surface area contributed by atoms with E-state index in [9.17, 15) is 0 Å². The Balaban J connectivity index is 1.54. The summed E-state index contributed by atoms with van der Waals surface area (Å²) in [6.07, 6.45) is 3.84. The van der Waals surface area contributed by atoms with E-state index in [-0.39, 0.29) is 0 Å². The van der Waals surface area contributed by atoms with E-state index in [0.29, 0.717) is 5.95 Å². The summed E-state index contributed by atoms with van der Waals surface area (Å²) in [5, 5.41) is 6.61. The van der Waals surface area contributed by atoms with Gasteiger partial charge in [0.15, 0.2) is 0 Å². The molecule has 0 aliphatic rings. The number of hydrogen-bond acceptors (Lipinski definition) is 4. The molecule has 5 heteroatoms. The van der Waals surface area contributed by atoms with E-state index in [1.807, 2.05) is 18.2 Å². The Hall–Kier alpha value is -2.40. The van der Waals surface area contributed by atoms with Crippen LogP contribution in [-0.4, -0.2) is 16.5 Å². The summed E-state index contributed by atoms with van der Waals surface area (Å²) in [5.74, 6) is 1.41. The lowest BCUT2D eigenvalue weighted by atomic mass is 10.1. The fourth-order valence-electron chi connectivity index (χ4n) is 2.51. The fourth-order valence-corrected chi connectivity index (χ4v) is 3.10. The summed E-state index contributed by atoms with van der Waals surface area (Å²) < 4.78 is 1.02. The van der Waals surface area contributed by atoms with E-state index in [1.54, 1.807) is 6.20 Å². The van der Waals surface area contributed by atoms with E-state index >= 15 is 0 Å². The molecule has 0 aliphatic carbocycles. The quantitative estimate of drug-likeness (QED) is 0.529. The molecule has 0 aliphatic heterocycles. The second-order valence-electron chi connectivity index (χ2n) is 5.89. The van der Waals surface area contributed by atoms with Gasteiger partial charge in [-0.15, -0.1) is 0 Å². The number of aryl methyl sites for hydroxylation is 2. The Kier molecular flexibility index (Phi) is 6.01. The standard InChI is InChI=1S/C20H21BrN4/c1-15-9-10-18(17(21)14-15)24-19-11-13-23-20(25-19)22-12-5-8-16-6-3-2-4-7-16/h2-4,6-7,9-11,13-14H,5,8,12H2,1H3,(H2,22,23,24,25). The maximum Gasteiger partial charge on any atom is 0.224 e. The molecular formula is C20H21BrN4. The van der Waals surface area contributed by atoms with Crippen molar-refractivity contribution < 1.29 is 0 Å². The predicted molar refractivity (Wildman–Crippen MR) is 107 cm³/mol. The van der Waals surface area contributed by atoms with E-state index < -0.39 is 0 Å². The van der Waals surface area contributed by atoms with Crippen LogP contribution in [-0.2, 0) is 6.42 Å². The zero-order valence-electron chi connectivity index (χ0n) is 14.2. The lowest BCUT2D eigenvalue weighted by molar-refractivity contribution is 0.853. The second kappa shape index (κ2) is 8.62. The first kappa shape index (κ1) is 17.4. The molecule has 0 radical (unpaired) electrons. The average Bonchev–Trinajstić information content (AvgIpc) is 2.62. The highest BCUT2D eigenvalue weighted by Crippen LogP contribution is 2.26. The third kappa shape index (κ3) is 5.29. The Morgan fingerprint density at radius 2 is 1.88 bits per heavy atom. The first-order valence-corrected chi connectivity index (χ1v) is 9.14. The highest BCUT2D eigenvalue weighted by Gasteiger charge is 2.03. The first-order chi connectivity index (χ1) is 12.2. The molecule has 0 bridgehead atoms. The largest absolute Gasteiger partial charge is 0.354 e. The fraction of sp³-hybridized carbons (Fsp3) is 0.200. The van der Waals surface area contributed by atoms with Crippen LogP contribution in [0.4, 0.5) is 17.5 Å². The van der Waals surface area contributed by atoms with Crippen molar-refractivity contribution in [3.8, 4) is 0 Å². The molecule has 2 aromatic carbocycles. The molecule has 0 fully saturated rings. The number of hydrogen-bond donors (Lipinski definition) is 2. The highest BCUT2D eigenvalue weighted by atomic mass is 79.9. The Morgan fingerprint density at radius 3 is 2.68 bits per heavy atom. The lowest BCUT2D eigenvalue weighted by Crippen LogP contribution is -2.07. The number of halogens is 1. The van der Waals surface area contributed by atoms with Gasteiger partial charge < -0.3 is 10.6 Å². The predicted octanol–water partition coefficient (Wildman–Crippen LogP) is 5.34. The summed E-state index contributed by atoms with van der Waals surface area (Å²) >= 11 is 3.58. The Bertz CT molecular complexity index is 821. The maximum absolute atomic E-state index is 4.52. The normalized spacial score (nSPS) is 10.5. The molecule has 25 heavy (non-hydrogen) atoms. The van der Waals surface area contributed by atoms with Gasteiger partial charge in [0.1, 0.15) is 5.82 Å². The topological polar surface area (TPSA) is 49.8 Å². The number of benzene rings is 2. The van der Waals surface area contributed by atoms with Crippen LogP contribution in [0, 0.1) is 6.92 Å². The van der Waals surface area contributed by atoms with Crippen molar-refractivity contribution >= 4 is 33.4 Å². The molecule has 0 unspecified atom stereocenters. The van der Waals surface area contributed by atoms with Gasteiger partial charge in [-0.2, -0.15) is 4.98 Å². The van der Waals surface area contributed by atoms with E-state index in [2.05, 4.69) is 79.9 Å². The third-order valence-electron chi connectivity index (χ3n) is 3.81. The summed E-state index contributed by atoms with van der Waals surface area (Å²) in [7, 11) is 0. The van der Waals surface area contributed by atoms with Gasteiger partial charge >= 0.3 is 0 Å². The van der Waals surface area contributed by atoms with Gasteiger partial charge in [0.2, 0.25) is 5.95 Å². The van der Waals surface area contributed by atoms with Gasteiger partial charge in [-0.3, -0.25) is 0 Å². The van der Waals surface area contributed by atoms with E-state index in [1.165, 1.54) is 11.1 Å². The van der Waals surface area contributed by atoms with Crippen LogP contribution in [0.5, 0.6) is 0 Å². The minimum absolute atomic E-state index is 0.640. The van der Waals surface area contributed by atoms with Crippen LogP contribution in [0.25, 0.3) is 0 Å². The molecule has 0 atom stereocenters. The van der Waals surface area contributed by atoms with Gasteiger partial charge in [-0.25, -0.2) is 4.98 Å². The van der Waals surface area contributed by atoms with Gasteiger partial charge in [-0.05, 0) is 65.0 Å². The van der Waals surface area contributed by atoms with Crippen molar-refractivity contribution in [3.05, 3.63) is 76.4 Å². The molecule has 3 rings (SSSR count). The number of anilines is 3. The van der Waals surface area contributed by atoms with Gasteiger partial charge in [0.25, 0.3) is 0 Å². The number of nitrogens with one attached hydrogen (secondary N) is 2. The monoisotopic (exact) mass is 396 g/mol. The van der Waals surface area contributed by atoms with Gasteiger partial charge in [-0.1, -0.05) is 36.4 Å². The minimum Gasteiger partial charge on any atom is -0.354 e. The van der Waals surface area contributed by atoms with Crippen LogP contribution in [0.3, 0.4) is 0 Å². The SMILES string of the molecule is Cc1ccc(Nc2ccnc(NCCCc3ccccc3)n2)c(Br)c1. The van der Waals surface area contributed by atoms with Crippen LogP contribution in [0.2, 0.25) is 0 Å². The number of nitrogens with zero attached hydrogens (tertiary/aromatic N) is 2. The van der Waals surface area contributed by atoms with Crippen LogP contribution in [0.1, 0.15) is 17.5 Å². The third-order valence-corrected chi connectivity index (χ3v) is 4.47. The lowest BCUT2D eigenvalue weighted by Gasteiger charge is -2.10. The van der Waals surface area contributed by atoms with Crippen molar-refractivity contribution in [2.75, 3.05) is 17.2 Å². The smallest absolute Gasteiger partial charge is 0.224 e. The molecule has 3 aromatic rings. The zero-order chi connectivity index (χ0) is 17.5. The van der Waals surface area contributed by atoms with Gasteiger partial charge in [0, 0.05) is 17.2 Å². The molecule has 2 N–H and O–H groups in total. The molecule has 0 amide bonds. The summed E-state index contributed by atoms with van der Waals surface area (Å²) in [6.45, 7) is 2.91. The molecule has 0 spiro atoms. The summed E-state index contributed by atoms with van der Waals surface area (Å²) in [4.78, 5) is 8.81. The molecule has 0 saturated heterocycles. The van der Waals surface area contributed by atoms with Crippen molar-refractivity contribution in [2.45, 2.75) is 19.8 Å². The molecule has 4 nitrogen and oxygen atoms in total. The average molecular weight is 397 g/mol. The molecular weight excluding hydrogens is 376 g/mol. The Labute approximate surface area is 156 Å². The van der Waals surface area contributed by atoms with Crippen molar-refractivity contribution in [2.24, 2.45) is 0 Å². The molecule has 1 heterocycles. The van der Waals surface area contributed by atoms with Crippen LogP contribution in [0.15, 0.2) is 65.3 Å². The van der Waals surface area contributed by atoms with Crippen molar-refractivity contribution in [1.82, 2.24) is 9.97 Å². The van der Waals surface area contributed by atoms with Crippen molar-refractivity contribution in [1.29, 1.82) is 0 Å². The number of aromatic nitrogens is 2.